The lowest BCUT2D eigenvalue weighted by Crippen LogP contribution is -2.51. The number of ether oxygens (including phenoxy) is 3. The fourth-order valence-corrected chi connectivity index (χ4v) is 5.09. The lowest BCUT2D eigenvalue weighted by atomic mass is 9.83. The van der Waals surface area contributed by atoms with Gasteiger partial charge in [-0.2, -0.15) is 0 Å². The van der Waals surface area contributed by atoms with E-state index in [0.717, 1.165) is 32.4 Å². The molecular formula is C28H36FNO5. The number of nitrogens with zero attached hydrogens (tertiary/aromatic N) is 1. The topological polar surface area (TPSA) is 68.2 Å². The second-order valence-electron chi connectivity index (χ2n) is 9.27. The molecule has 0 amide bonds. The Bertz CT molecular complexity index is 929. The number of ketones is 1. The molecule has 0 aromatic heterocycles. The van der Waals surface area contributed by atoms with E-state index in [4.69, 9.17) is 14.2 Å². The zero-order valence-corrected chi connectivity index (χ0v) is 20.2. The summed E-state index contributed by atoms with van der Waals surface area (Å²) in [5.74, 6) is 0.890. The van der Waals surface area contributed by atoms with E-state index in [9.17, 15) is 14.3 Å². The molecule has 0 spiro atoms. The predicted molar refractivity (Wildman–Crippen MR) is 132 cm³/mol. The minimum Gasteiger partial charge on any atom is -0.491 e. The Kier molecular flexibility index (Phi) is 9.66. The monoisotopic (exact) mass is 485 g/mol. The highest BCUT2D eigenvalue weighted by Crippen LogP contribution is 2.29. The maximum Gasteiger partial charge on any atom is 0.166 e. The van der Waals surface area contributed by atoms with Gasteiger partial charge in [-0.15, -0.1) is 0 Å². The number of carbonyl (C=O) groups is 1. The Morgan fingerprint density at radius 1 is 0.886 bits per heavy atom. The van der Waals surface area contributed by atoms with Gasteiger partial charge in [-0.25, -0.2) is 4.39 Å². The number of hydrogen-bond acceptors (Lipinski definition) is 6. The van der Waals surface area contributed by atoms with Gasteiger partial charge in [-0.3, -0.25) is 9.69 Å². The maximum absolute atomic E-state index is 13.1. The molecule has 1 fully saturated rings. The molecule has 1 saturated heterocycles. The Hall–Kier alpha value is -2.32. The molecule has 35 heavy (non-hydrogen) atoms. The van der Waals surface area contributed by atoms with E-state index in [1.54, 1.807) is 0 Å². The summed E-state index contributed by atoms with van der Waals surface area (Å²) in [4.78, 5) is 15.4. The molecule has 2 aromatic carbocycles. The van der Waals surface area contributed by atoms with E-state index in [1.165, 1.54) is 11.1 Å². The van der Waals surface area contributed by atoms with Crippen molar-refractivity contribution in [1.29, 1.82) is 0 Å². The van der Waals surface area contributed by atoms with Crippen molar-refractivity contribution in [2.75, 3.05) is 52.8 Å². The lowest BCUT2D eigenvalue weighted by Gasteiger charge is -2.41. The molecule has 6 nitrogen and oxygen atoms in total. The van der Waals surface area contributed by atoms with Crippen molar-refractivity contribution >= 4 is 5.78 Å². The number of aliphatic hydroxyl groups is 1. The lowest BCUT2D eigenvalue weighted by molar-refractivity contribution is 0.0239. The first-order chi connectivity index (χ1) is 17.2. The van der Waals surface area contributed by atoms with Crippen LogP contribution in [0.25, 0.3) is 0 Å². The SMILES string of the molecule is O=C(c1ccc(OCCOCCOCCF)cc1)C1CCN([C@@H]2Cc3ccccc3C[C@H]2O)CC1. The first kappa shape index (κ1) is 25.8. The molecule has 1 N–H and O–H groups in total. The molecule has 0 radical (unpaired) electrons. The van der Waals surface area contributed by atoms with Crippen LogP contribution in [0.3, 0.4) is 0 Å². The van der Waals surface area contributed by atoms with Crippen LogP contribution >= 0.6 is 0 Å². The number of fused-ring (bicyclic) bond motifs is 1. The van der Waals surface area contributed by atoms with E-state index >= 15 is 0 Å². The quantitative estimate of drug-likeness (QED) is 0.367. The van der Waals surface area contributed by atoms with Crippen LogP contribution in [0.4, 0.5) is 4.39 Å². The molecule has 1 aliphatic heterocycles. The van der Waals surface area contributed by atoms with Gasteiger partial charge in [-0.1, -0.05) is 24.3 Å². The van der Waals surface area contributed by atoms with Gasteiger partial charge in [0.1, 0.15) is 19.0 Å². The van der Waals surface area contributed by atoms with E-state index in [2.05, 4.69) is 23.1 Å². The fraction of sp³-hybridized carbons (Fsp3) is 0.536. The number of hydrogen-bond donors (Lipinski definition) is 1. The van der Waals surface area contributed by atoms with Gasteiger partial charge in [0, 0.05) is 23.9 Å². The minimum atomic E-state index is -0.485. The smallest absolute Gasteiger partial charge is 0.166 e. The second kappa shape index (κ2) is 13.1. The molecule has 2 aromatic rings. The van der Waals surface area contributed by atoms with Crippen LogP contribution in [0.5, 0.6) is 5.75 Å². The van der Waals surface area contributed by atoms with Crippen LogP contribution in [0.1, 0.15) is 34.3 Å². The van der Waals surface area contributed by atoms with Crippen molar-refractivity contribution in [2.24, 2.45) is 5.92 Å². The average Bonchev–Trinajstić information content (AvgIpc) is 2.90. The molecule has 1 aliphatic carbocycles. The minimum absolute atomic E-state index is 0.0130. The number of piperidine rings is 1. The molecule has 7 heteroatoms. The van der Waals surface area contributed by atoms with Crippen LogP contribution in [0, 0.1) is 5.92 Å². The van der Waals surface area contributed by atoms with Crippen LogP contribution < -0.4 is 4.74 Å². The maximum atomic E-state index is 13.1. The molecule has 0 bridgehead atoms. The van der Waals surface area contributed by atoms with E-state index in [0.29, 0.717) is 44.2 Å². The number of likely N-dealkylation sites (tertiary alicyclic amines) is 1. The molecule has 2 aliphatic rings. The van der Waals surface area contributed by atoms with Crippen LogP contribution in [-0.2, 0) is 22.3 Å². The normalized spacial score (nSPS) is 21.0. The van der Waals surface area contributed by atoms with Crippen LogP contribution in [-0.4, -0.2) is 80.7 Å². The third kappa shape index (κ3) is 7.10. The Morgan fingerprint density at radius 3 is 2.20 bits per heavy atom. The number of benzene rings is 2. The molecule has 0 saturated carbocycles. The van der Waals surface area contributed by atoms with Gasteiger partial charge in [0.25, 0.3) is 0 Å². The first-order valence-electron chi connectivity index (χ1n) is 12.6. The predicted octanol–water partition coefficient (Wildman–Crippen LogP) is 3.49. The van der Waals surface area contributed by atoms with Gasteiger partial charge in [0.15, 0.2) is 5.78 Å². The van der Waals surface area contributed by atoms with Crippen molar-refractivity contribution in [1.82, 2.24) is 4.90 Å². The van der Waals surface area contributed by atoms with Crippen LogP contribution in [0.2, 0.25) is 0 Å². The summed E-state index contributed by atoms with van der Waals surface area (Å²) in [6.07, 6.45) is 2.84. The van der Waals surface area contributed by atoms with Crippen molar-refractivity contribution < 1.29 is 28.5 Å². The van der Waals surface area contributed by atoms with Gasteiger partial charge in [-0.05, 0) is 67.7 Å². The Morgan fingerprint density at radius 2 is 1.51 bits per heavy atom. The molecule has 190 valence electrons. The largest absolute Gasteiger partial charge is 0.491 e. The zero-order valence-electron chi connectivity index (χ0n) is 20.2. The second-order valence-corrected chi connectivity index (χ2v) is 9.27. The number of aliphatic hydroxyl groups excluding tert-OH is 1. The standard InChI is InChI=1S/C28H36FNO5/c29-11-14-33-15-16-34-17-18-35-25-7-5-21(6-8-25)28(32)22-9-12-30(13-10-22)26-19-23-3-1-2-4-24(23)20-27(26)31/h1-8,22,26-27,31H,9-20H2/t26-,27-/m1/s1. The summed E-state index contributed by atoms with van der Waals surface area (Å²) < 4.78 is 28.0. The fourth-order valence-electron chi connectivity index (χ4n) is 5.09. The third-order valence-electron chi connectivity index (χ3n) is 7.02. The first-order valence-corrected chi connectivity index (χ1v) is 12.6. The number of rotatable bonds is 12. The van der Waals surface area contributed by atoms with Crippen LogP contribution in [0.15, 0.2) is 48.5 Å². The number of halogens is 1. The summed E-state index contributed by atoms with van der Waals surface area (Å²) in [6.45, 7) is 2.87. The number of Topliss-reactive ketones (excluding diaryl/α,β-unsaturated/α-hetero) is 1. The summed E-state index contributed by atoms with van der Waals surface area (Å²) in [5, 5.41) is 10.7. The molecular weight excluding hydrogens is 449 g/mol. The van der Waals surface area contributed by atoms with Crippen molar-refractivity contribution in [3.63, 3.8) is 0 Å². The van der Waals surface area contributed by atoms with Gasteiger partial charge in [0.05, 0.1) is 32.5 Å². The molecule has 1 heterocycles. The van der Waals surface area contributed by atoms with Gasteiger partial charge in [0.2, 0.25) is 0 Å². The molecule has 2 atom stereocenters. The summed E-state index contributed by atoms with van der Waals surface area (Å²) >= 11 is 0. The van der Waals surface area contributed by atoms with E-state index in [1.807, 2.05) is 30.3 Å². The van der Waals surface area contributed by atoms with Gasteiger partial charge >= 0.3 is 0 Å². The summed E-state index contributed by atoms with van der Waals surface area (Å²) in [5.41, 5.74) is 3.29. The third-order valence-corrected chi connectivity index (χ3v) is 7.02. The Balaban J connectivity index is 1.19. The van der Waals surface area contributed by atoms with Crippen molar-refractivity contribution in [3.05, 3.63) is 65.2 Å². The summed E-state index contributed by atoms with van der Waals surface area (Å²) in [6, 6.07) is 15.8. The average molecular weight is 486 g/mol. The van der Waals surface area contributed by atoms with Crippen molar-refractivity contribution in [3.8, 4) is 5.75 Å². The van der Waals surface area contributed by atoms with Crippen molar-refractivity contribution in [2.45, 2.75) is 37.8 Å². The zero-order chi connectivity index (χ0) is 24.5. The molecule has 4 rings (SSSR count). The number of carbonyl (C=O) groups excluding carboxylic acids is 1. The van der Waals surface area contributed by atoms with Gasteiger partial charge < -0.3 is 19.3 Å². The highest BCUT2D eigenvalue weighted by atomic mass is 19.1. The highest BCUT2D eigenvalue weighted by molar-refractivity contribution is 5.98. The highest BCUT2D eigenvalue weighted by Gasteiger charge is 2.35. The number of alkyl halides is 1. The molecule has 0 unspecified atom stereocenters. The van der Waals surface area contributed by atoms with E-state index < -0.39 is 6.67 Å². The van der Waals surface area contributed by atoms with E-state index in [-0.39, 0.29) is 30.5 Å². The summed E-state index contributed by atoms with van der Waals surface area (Å²) in [7, 11) is 0. The Labute approximate surface area is 207 Å².